The Balaban J connectivity index is 0.000000166. The topological polar surface area (TPSA) is 50.7 Å². The van der Waals surface area contributed by atoms with Crippen LogP contribution in [0.25, 0.3) is 33.5 Å². The zero-order valence-corrected chi connectivity index (χ0v) is 50.6. The fourth-order valence-electron chi connectivity index (χ4n) is 8.83. The van der Waals surface area contributed by atoms with Gasteiger partial charge in [0.2, 0.25) is 0 Å². The van der Waals surface area contributed by atoms with Crippen LogP contribution in [0.2, 0.25) is 0 Å². The van der Waals surface area contributed by atoms with E-state index in [0.717, 1.165) is 63.5 Å². The van der Waals surface area contributed by atoms with Gasteiger partial charge in [0.1, 0.15) is 3.70 Å². The predicted octanol–water partition coefficient (Wildman–Crippen LogP) is 19.5. The van der Waals surface area contributed by atoms with Gasteiger partial charge in [0.25, 0.3) is 0 Å². The second kappa shape index (κ2) is 25.0. The molecule has 0 atom stereocenters. The molecule has 2 aromatic heterocycles. The van der Waals surface area contributed by atoms with Crippen LogP contribution in [-0.2, 0) is 9.31 Å². The van der Waals surface area contributed by atoms with Crippen LogP contribution in [-0.4, -0.2) is 28.3 Å². The summed E-state index contributed by atoms with van der Waals surface area (Å²) in [6.45, 7) is 16.8. The molecular formula is C68H62BBr2IN4O2. The molecular weight excluding hydrogens is 1200 g/mol. The summed E-state index contributed by atoms with van der Waals surface area (Å²) in [7, 11) is -0.344. The van der Waals surface area contributed by atoms with Crippen LogP contribution >= 0.6 is 54.5 Å². The van der Waals surface area contributed by atoms with E-state index >= 15 is 0 Å². The predicted molar refractivity (Wildman–Crippen MR) is 343 cm³/mol. The van der Waals surface area contributed by atoms with Crippen LogP contribution < -0.4 is 15.3 Å². The highest BCUT2D eigenvalue weighted by molar-refractivity contribution is 14.1. The van der Waals surface area contributed by atoms with Crippen LogP contribution in [0.1, 0.15) is 49.9 Å². The molecule has 390 valence electrons. The first kappa shape index (κ1) is 56.1. The molecule has 0 aliphatic carbocycles. The lowest BCUT2D eigenvalue weighted by molar-refractivity contribution is 0.00578. The Morgan fingerprint density at radius 1 is 0.359 bits per heavy atom. The van der Waals surface area contributed by atoms with E-state index in [1.54, 1.807) is 6.20 Å². The normalized spacial score (nSPS) is 13.1. The summed E-state index contributed by atoms with van der Waals surface area (Å²) in [5.41, 5.74) is 19.0. The van der Waals surface area contributed by atoms with Crippen LogP contribution in [0.5, 0.6) is 0 Å². The Bertz CT molecular complexity index is 3400. The molecule has 1 saturated heterocycles. The minimum Gasteiger partial charge on any atom is -0.399 e. The molecule has 78 heavy (non-hydrogen) atoms. The number of aromatic nitrogens is 2. The first-order valence-corrected chi connectivity index (χ1v) is 28.7. The van der Waals surface area contributed by atoms with Gasteiger partial charge in [-0.05, 0) is 235 Å². The maximum Gasteiger partial charge on any atom is 0.494 e. The fourth-order valence-corrected chi connectivity index (χ4v) is 9.61. The van der Waals surface area contributed by atoms with Crippen LogP contribution in [0.4, 0.5) is 34.1 Å². The van der Waals surface area contributed by atoms with Crippen molar-refractivity contribution in [2.45, 2.75) is 66.6 Å². The Morgan fingerprint density at radius 2 is 0.641 bits per heavy atom. The quantitative estimate of drug-likeness (QED) is 0.0773. The fraction of sp³-hybridized carbons (Fsp3) is 0.147. The molecule has 0 N–H and O–H groups in total. The lowest BCUT2D eigenvalue weighted by Gasteiger charge is -2.32. The summed E-state index contributed by atoms with van der Waals surface area (Å²) in [5.74, 6) is 0. The Labute approximate surface area is 492 Å². The Kier molecular flexibility index (Phi) is 18.0. The molecule has 1 aliphatic rings. The number of rotatable bonds is 10. The summed E-state index contributed by atoms with van der Waals surface area (Å²) in [6, 6.07) is 77.3. The van der Waals surface area contributed by atoms with Gasteiger partial charge in [-0.25, -0.2) is 4.98 Å². The average Bonchev–Trinajstić information content (AvgIpc) is 3.89. The van der Waals surface area contributed by atoms with Gasteiger partial charge in [0, 0.05) is 61.0 Å². The second-order valence-electron chi connectivity index (χ2n) is 20.6. The van der Waals surface area contributed by atoms with Crippen molar-refractivity contribution in [2.75, 3.05) is 9.80 Å². The molecule has 0 saturated carbocycles. The van der Waals surface area contributed by atoms with Crippen molar-refractivity contribution >= 4 is 101 Å². The van der Waals surface area contributed by atoms with Crippen molar-refractivity contribution in [3.8, 4) is 33.5 Å². The number of halogens is 3. The number of pyridine rings is 2. The molecule has 6 nitrogen and oxygen atoms in total. The number of nitrogens with zero attached hydrogens (tertiary/aromatic N) is 4. The standard InChI is InChI=1S/C32H34BNO2.C31H25BrN2.C5H3BrIN/c1-23-7-17-28(18-8-23)34(29-19-9-24(2)10-20-29)30-21-13-26(14-22-30)25-11-15-27(16-12-25)33-35-31(3,4)32(5,6)36-33;1-22-3-14-28(15-4-22)34(29-16-5-23(2)6-17-29)30-18-11-25(12-19-30)24-7-9-26(10-8-24)31-20-13-27(32)21-33-31;6-4-1-2-5(7)8-3-4/h7-22H,1-6H3;3-21H,1-2H3;1-3H. The van der Waals surface area contributed by atoms with E-state index in [2.05, 4.69) is 324 Å². The molecule has 0 unspecified atom stereocenters. The van der Waals surface area contributed by atoms with Crippen molar-refractivity contribution in [3.05, 3.63) is 266 Å². The van der Waals surface area contributed by atoms with Gasteiger partial charge in [-0.2, -0.15) is 0 Å². The zero-order chi connectivity index (χ0) is 55.0. The summed E-state index contributed by atoms with van der Waals surface area (Å²) in [4.78, 5) is 13.1. The van der Waals surface area contributed by atoms with E-state index in [0.29, 0.717) is 0 Å². The third-order valence-electron chi connectivity index (χ3n) is 14.1. The van der Waals surface area contributed by atoms with E-state index in [-0.39, 0.29) is 18.3 Å². The van der Waals surface area contributed by atoms with Gasteiger partial charge >= 0.3 is 7.12 Å². The zero-order valence-electron chi connectivity index (χ0n) is 45.3. The number of hydrogen-bond acceptors (Lipinski definition) is 6. The summed E-state index contributed by atoms with van der Waals surface area (Å²) in [5, 5.41) is 0. The van der Waals surface area contributed by atoms with E-state index < -0.39 is 0 Å². The van der Waals surface area contributed by atoms with E-state index in [1.165, 1.54) is 44.5 Å². The molecule has 0 bridgehead atoms. The van der Waals surface area contributed by atoms with E-state index in [1.807, 2.05) is 30.5 Å². The van der Waals surface area contributed by atoms with Crippen molar-refractivity contribution in [3.63, 3.8) is 0 Å². The van der Waals surface area contributed by atoms with Crippen molar-refractivity contribution in [2.24, 2.45) is 0 Å². The lowest BCUT2D eigenvalue weighted by atomic mass is 9.78. The third-order valence-corrected chi connectivity index (χ3v) is 15.7. The van der Waals surface area contributed by atoms with E-state index in [4.69, 9.17) is 9.31 Å². The van der Waals surface area contributed by atoms with Crippen molar-refractivity contribution < 1.29 is 9.31 Å². The molecule has 1 aliphatic heterocycles. The van der Waals surface area contributed by atoms with Crippen LogP contribution in [0.3, 0.4) is 0 Å². The molecule has 0 radical (unpaired) electrons. The number of benzene rings is 8. The minimum absolute atomic E-state index is 0.340. The minimum atomic E-state index is -0.344. The highest BCUT2D eigenvalue weighted by Gasteiger charge is 2.51. The maximum atomic E-state index is 6.21. The molecule has 3 heterocycles. The molecule has 11 rings (SSSR count). The van der Waals surface area contributed by atoms with Gasteiger partial charge < -0.3 is 19.1 Å². The Hall–Kier alpha value is -6.67. The summed E-state index contributed by atoms with van der Waals surface area (Å²) >= 11 is 8.89. The average molecular weight is 1260 g/mol. The largest absolute Gasteiger partial charge is 0.494 e. The van der Waals surface area contributed by atoms with Crippen LogP contribution in [0.15, 0.2) is 240 Å². The lowest BCUT2D eigenvalue weighted by Crippen LogP contribution is -2.41. The third kappa shape index (κ3) is 14.0. The van der Waals surface area contributed by atoms with Gasteiger partial charge in [-0.15, -0.1) is 0 Å². The molecule has 10 aromatic rings. The number of hydrogen-bond donors (Lipinski definition) is 0. The maximum absolute atomic E-state index is 6.21. The highest BCUT2D eigenvalue weighted by Crippen LogP contribution is 2.39. The highest BCUT2D eigenvalue weighted by atomic mass is 127. The van der Waals surface area contributed by atoms with Gasteiger partial charge in [0.05, 0.1) is 16.9 Å². The first-order chi connectivity index (χ1) is 37.5. The smallest absolute Gasteiger partial charge is 0.399 e. The SMILES string of the molecule is Brc1ccc(I)nc1.Cc1ccc(N(c2ccc(C)cc2)c2ccc(-c3ccc(-c4ccc(Br)cn4)cc3)cc2)cc1.Cc1ccc(N(c2ccc(C)cc2)c2ccc(-c3ccc(B4OC(C)(C)C(C)(C)O4)cc3)cc2)cc1. The van der Waals surface area contributed by atoms with Gasteiger partial charge in [-0.1, -0.05) is 144 Å². The number of anilines is 6. The summed E-state index contributed by atoms with van der Waals surface area (Å²) in [6.07, 6.45) is 3.61. The molecule has 10 heteroatoms. The molecule has 0 amide bonds. The van der Waals surface area contributed by atoms with Crippen molar-refractivity contribution in [1.82, 2.24) is 9.97 Å². The van der Waals surface area contributed by atoms with E-state index in [9.17, 15) is 0 Å². The Morgan fingerprint density at radius 3 is 0.936 bits per heavy atom. The second-order valence-corrected chi connectivity index (χ2v) is 23.5. The molecule has 1 fully saturated rings. The molecule has 8 aromatic carbocycles. The monoisotopic (exact) mass is 1260 g/mol. The van der Waals surface area contributed by atoms with Crippen LogP contribution in [0, 0.1) is 31.4 Å². The molecule has 0 spiro atoms. The summed E-state index contributed by atoms with van der Waals surface area (Å²) < 4.78 is 15.4. The first-order valence-electron chi connectivity index (χ1n) is 26.0. The van der Waals surface area contributed by atoms with Crippen molar-refractivity contribution in [1.29, 1.82) is 0 Å². The van der Waals surface area contributed by atoms with Gasteiger partial charge in [0.15, 0.2) is 0 Å². The van der Waals surface area contributed by atoms with Gasteiger partial charge in [-0.3, -0.25) is 4.98 Å². The number of aryl methyl sites for hydroxylation is 4.